The van der Waals surface area contributed by atoms with Gasteiger partial charge in [-0.2, -0.15) is 4.58 Å². The molecule has 0 spiro atoms. The van der Waals surface area contributed by atoms with Crippen molar-refractivity contribution in [1.29, 1.82) is 0 Å². The van der Waals surface area contributed by atoms with Gasteiger partial charge in [0.2, 0.25) is 6.04 Å². The van der Waals surface area contributed by atoms with Crippen LogP contribution in [0, 0.1) is 11.3 Å². The van der Waals surface area contributed by atoms with Crippen LogP contribution in [0.3, 0.4) is 0 Å². The minimum absolute atomic E-state index is 0.0214. The van der Waals surface area contributed by atoms with Crippen LogP contribution in [0.5, 0.6) is 0 Å². The summed E-state index contributed by atoms with van der Waals surface area (Å²) in [6.07, 6.45) is 0.668. The Balaban J connectivity index is 2.05. The number of amides is 1. The number of benzene rings is 2. The number of carbonyl (C=O) groups excluding carboxylic acids is 1. The van der Waals surface area contributed by atoms with Crippen molar-refractivity contribution < 1.29 is 14.5 Å². The highest BCUT2D eigenvalue weighted by Crippen LogP contribution is 2.52. The minimum atomic E-state index is -0.996. The number of hydrogen-bond donors (Lipinski definition) is 3. The SMILES string of the molecule is CC(C)C1NC(=O)C2C(c3cccc(Cl)c3)C(N)(c3ccc(Cl)cc3)C(CC(C)(C)C)[N+]2=C1O. The third-order valence-electron chi connectivity index (χ3n) is 7.15. The van der Waals surface area contributed by atoms with Crippen LogP contribution in [0.1, 0.15) is 58.1 Å². The van der Waals surface area contributed by atoms with Gasteiger partial charge in [-0.3, -0.25) is 4.79 Å². The summed E-state index contributed by atoms with van der Waals surface area (Å²) < 4.78 is 1.90. The molecule has 5 atom stereocenters. The van der Waals surface area contributed by atoms with E-state index < -0.39 is 23.5 Å². The second kappa shape index (κ2) is 8.85. The lowest BCUT2D eigenvalue weighted by Gasteiger charge is -2.35. The zero-order valence-electron chi connectivity index (χ0n) is 20.3. The lowest BCUT2D eigenvalue weighted by molar-refractivity contribution is -0.585. The second-order valence-electron chi connectivity index (χ2n) is 11.2. The molecule has 34 heavy (non-hydrogen) atoms. The number of nitrogens with zero attached hydrogens (tertiary/aromatic N) is 1. The van der Waals surface area contributed by atoms with E-state index in [-0.39, 0.29) is 29.2 Å². The topological polar surface area (TPSA) is 78.4 Å². The van der Waals surface area contributed by atoms with Gasteiger partial charge in [-0.15, -0.1) is 0 Å². The molecule has 5 unspecified atom stereocenters. The van der Waals surface area contributed by atoms with Crippen LogP contribution in [-0.4, -0.2) is 39.6 Å². The molecule has 4 rings (SSSR count). The van der Waals surface area contributed by atoms with E-state index in [0.717, 1.165) is 11.1 Å². The normalized spacial score (nSPS) is 29.4. The van der Waals surface area contributed by atoms with E-state index in [1.54, 1.807) is 0 Å². The highest BCUT2D eigenvalue weighted by atomic mass is 35.5. The molecule has 7 heteroatoms. The molecular formula is C27H34Cl2N3O2+. The smallest absolute Gasteiger partial charge is 0.358 e. The summed E-state index contributed by atoms with van der Waals surface area (Å²) in [6, 6.07) is 13.6. The molecule has 1 fully saturated rings. The van der Waals surface area contributed by atoms with Crippen molar-refractivity contribution in [2.45, 2.75) is 70.6 Å². The average molecular weight is 503 g/mol. The molecule has 2 aliphatic heterocycles. The van der Waals surface area contributed by atoms with Gasteiger partial charge in [0.25, 0.3) is 5.91 Å². The molecule has 2 aromatic rings. The highest BCUT2D eigenvalue weighted by Gasteiger charge is 2.68. The Morgan fingerprint density at radius 1 is 1.12 bits per heavy atom. The maximum atomic E-state index is 13.7. The standard InChI is InChI=1S/C27H33Cl2N3O2/c1-15(2)22-25(34)32-20(14-26(3,4)5)27(30,17-9-11-18(28)12-10-17)21(23(32)24(33)31-22)16-7-6-8-19(29)13-16/h6-13,15,20-23H,14,30H2,1-5H3,(H,31,33)/p+1. The zero-order valence-corrected chi connectivity index (χ0v) is 21.9. The molecule has 0 saturated carbocycles. The first-order valence-electron chi connectivity index (χ1n) is 11.8. The van der Waals surface area contributed by atoms with Crippen LogP contribution < -0.4 is 11.1 Å². The van der Waals surface area contributed by atoms with Gasteiger partial charge >= 0.3 is 5.90 Å². The molecule has 1 saturated heterocycles. The summed E-state index contributed by atoms with van der Waals surface area (Å²) in [4.78, 5) is 13.7. The first-order valence-corrected chi connectivity index (χ1v) is 12.5. The Kier molecular flexibility index (Phi) is 6.52. The van der Waals surface area contributed by atoms with E-state index >= 15 is 0 Å². The van der Waals surface area contributed by atoms with Crippen molar-refractivity contribution in [1.82, 2.24) is 5.32 Å². The van der Waals surface area contributed by atoms with Crippen LogP contribution in [0.25, 0.3) is 0 Å². The molecule has 0 aromatic heterocycles. The van der Waals surface area contributed by atoms with E-state index in [1.807, 2.05) is 67.0 Å². The number of nitrogens with two attached hydrogens (primary N) is 1. The molecule has 2 aliphatic rings. The quantitative estimate of drug-likeness (QED) is 0.500. The van der Waals surface area contributed by atoms with Crippen molar-refractivity contribution in [2.24, 2.45) is 17.1 Å². The minimum Gasteiger partial charge on any atom is -0.462 e. The predicted molar refractivity (Wildman–Crippen MR) is 138 cm³/mol. The van der Waals surface area contributed by atoms with Crippen LogP contribution in [0.4, 0.5) is 0 Å². The van der Waals surface area contributed by atoms with Gasteiger partial charge < -0.3 is 16.2 Å². The summed E-state index contributed by atoms with van der Waals surface area (Å²) >= 11 is 12.6. The van der Waals surface area contributed by atoms with Gasteiger partial charge in [0, 0.05) is 16.5 Å². The van der Waals surface area contributed by atoms with Crippen LogP contribution in [0.2, 0.25) is 10.0 Å². The Morgan fingerprint density at radius 3 is 2.32 bits per heavy atom. The molecule has 0 bridgehead atoms. The molecule has 0 aliphatic carbocycles. The lowest BCUT2D eigenvalue weighted by atomic mass is 9.68. The Bertz CT molecular complexity index is 1120. The number of halogens is 2. The van der Waals surface area contributed by atoms with E-state index in [1.165, 1.54) is 0 Å². The first-order chi connectivity index (χ1) is 15.8. The van der Waals surface area contributed by atoms with Crippen LogP contribution in [-0.2, 0) is 10.3 Å². The van der Waals surface area contributed by atoms with Gasteiger partial charge in [0.1, 0.15) is 5.54 Å². The van der Waals surface area contributed by atoms with Crippen LogP contribution >= 0.6 is 23.2 Å². The van der Waals surface area contributed by atoms with E-state index in [2.05, 4.69) is 26.1 Å². The number of aliphatic hydroxyl groups excluding tert-OH is 1. The largest absolute Gasteiger partial charge is 0.462 e. The van der Waals surface area contributed by atoms with E-state index in [9.17, 15) is 9.90 Å². The number of rotatable bonds is 4. The average Bonchev–Trinajstić information content (AvgIpc) is 3.00. The Hall–Kier alpha value is -2.08. The monoisotopic (exact) mass is 502 g/mol. The van der Waals surface area contributed by atoms with Crippen molar-refractivity contribution >= 4 is 35.0 Å². The molecule has 182 valence electrons. The molecule has 0 radical (unpaired) electrons. The fourth-order valence-electron chi connectivity index (χ4n) is 5.68. The molecular weight excluding hydrogens is 469 g/mol. The lowest BCUT2D eigenvalue weighted by Crippen LogP contribution is -2.60. The number of aliphatic hydroxyl groups is 1. The number of carbonyl (C=O) groups is 1. The zero-order chi connectivity index (χ0) is 25.0. The number of fused-ring (bicyclic) bond motifs is 1. The van der Waals surface area contributed by atoms with Gasteiger partial charge in [0.15, 0.2) is 12.1 Å². The van der Waals surface area contributed by atoms with Crippen molar-refractivity contribution in [2.75, 3.05) is 0 Å². The number of nitrogens with one attached hydrogen (secondary N) is 1. The third kappa shape index (κ3) is 4.23. The van der Waals surface area contributed by atoms with E-state index in [4.69, 9.17) is 28.9 Å². The van der Waals surface area contributed by atoms with Crippen molar-refractivity contribution in [3.8, 4) is 0 Å². The summed E-state index contributed by atoms with van der Waals surface area (Å²) in [5.74, 6) is -0.396. The van der Waals surface area contributed by atoms with E-state index in [0.29, 0.717) is 16.5 Å². The molecule has 1 amide bonds. The molecule has 5 nitrogen and oxygen atoms in total. The predicted octanol–water partition coefficient (Wildman–Crippen LogP) is 5.24. The highest BCUT2D eigenvalue weighted by molar-refractivity contribution is 6.30. The summed E-state index contributed by atoms with van der Waals surface area (Å²) in [5.41, 5.74) is 8.10. The first kappa shape index (κ1) is 25.0. The second-order valence-corrected chi connectivity index (χ2v) is 12.1. The van der Waals surface area contributed by atoms with Gasteiger partial charge in [0.05, 0.1) is 5.92 Å². The molecule has 2 heterocycles. The summed E-state index contributed by atoms with van der Waals surface area (Å²) in [5, 5.41) is 15.8. The number of hydrogen-bond acceptors (Lipinski definition) is 2. The molecule has 2 aromatic carbocycles. The summed E-state index contributed by atoms with van der Waals surface area (Å²) in [7, 11) is 0. The maximum Gasteiger partial charge on any atom is 0.358 e. The third-order valence-corrected chi connectivity index (χ3v) is 7.64. The Labute approximate surface area is 212 Å². The fraction of sp³-hybridized carbons (Fsp3) is 0.481. The van der Waals surface area contributed by atoms with Crippen molar-refractivity contribution in [3.05, 3.63) is 69.7 Å². The van der Waals surface area contributed by atoms with Crippen molar-refractivity contribution in [3.63, 3.8) is 0 Å². The Morgan fingerprint density at radius 2 is 1.76 bits per heavy atom. The van der Waals surface area contributed by atoms with Crippen LogP contribution in [0.15, 0.2) is 48.5 Å². The summed E-state index contributed by atoms with van der Waals surface area (Å²) in [6.45, 7) is 10.4. The van der Waals surface area contributed by atoms with Gasteiger partial charge in [-0.25, -0.2) is 0 Å². The maximum absolute atomic E-state index is 13.7. The molecule has 4 N–H and O–H groups in total. The van der Waals surface area contributed by atoms with Gasteiger partial charge in [-0.05, 0) is 46.7 Å². The van der Waals surface area contributed by atoms with Gasteiger partial charge in [-0.1, -0.05) is 82.1 Å². The fourth-order valence-corrected chi connectivity index (χ4v) is 6.00.